The molecule has 0 saturated carbocycles. The summed E-state index contributed by atoms with van der Waals surface area (Å²) in [5, 5.41) is 23.0. The Balaban J connectivity index is 3.39. The fourth-order valence-corrected chi connectivity index (χ4v) is 8.75. The molecule has 0 spiro atoms. The number of aliphatic hydroxyl groups excluding tert-OH is 2. The summed E-state index contributed by atoms with van der Waals surface area (Å²) in [7, 11) is 0. The molecule has 0 aromatic heterocycles. The number of carbonyl (C=O) groups is 2. The second kappa shape index (κ2) is 52.2. The van der Waals surface area contributed by atoms with E-state index in [2.05, 4.69) is 19.2 Å². The van der Waals surface area contributed by atoms with Crippen LogP contribution in [0.3, 0.4) is 0 Å². The molecule has 0 heterocycles. The lowest BCUT2D eigenvalue weighted by atomic mass is 10.0. The zero-order valence-electron chi connectivity index (χ0n) is 41.9. The summed E-state index contributed by atoms with van der Waals surface area (Å²) in [4.78, 5) is 24.5. The molecule has 2 unspecified atom stereocenters. The van der Waals surface area contributed by atoms with Gasteiger partial charge in [-0.05, 0) is 32.1 Å². The summed E-state index contributed by atoms with van der Waals surface area (Å²) in [6.45, 7) is 4.89. The van der Waals surface area contributed by atoms with Crippen molar-refractivity contribution < 1.29 is 24.5 Å². The predicted molar refractivity (Wildman–Crippen MR) is 269 cm³/mol. The Labute approximate surface area is 387 Å². The van der Waals surface area contributed by atoms with Crippen LogP contribution in [-0.4, -0.2) is 47.4 Å². The van der Waals surface area contributed by atoms with Crippen molar-refractivity contribution >= 4 is 11.9 Å². The fraction of sp³-hybridized carbons (Fsp3) is 0.929. The topological polar surface area (TPSA) is 95.9 Å². The molecule has 3 N–H and O–H groups in total. The normalized spacial score (nSPS) is 12.6. The molecular formula is C56H109NO5. The first-order chi connectivity index (χ1) is 30.5. The zero-order valence-corrected chi connectivity index (χ0v) is 41.9. The number of amides is 1. The number of hydrogen-bond acceptors (Lipinski definition) is 5. The molecule has 0 rings (SSSR count). The van der Waals surface area contributed by atoms with Gasteiger partial charge in [-0.2, -0.15) is 0 Å². The first-order valence-electron chi connectivity index (χ1n) is 28.0. The second-order valence-corrected chi connectivity index (χ2v) is 19.3. The van der Waals surface area contributed by atoms with E-state index in [1.807, 2.05) is 6.08 Å². The maximum Gasteiger partial charge on any atom is 0.305 e. The molecule has 0 radical (unpaired) electrons. The van der Waals surface area contributed by atoms with Crippen LogP contribution in [0.4, 0.5) is 0 Å². The van der Waals surface area contributed by atoms with Crippen LogP contribution in [0.5, 0.6) is 0 Å². The van der Waals surface area contributed by atoms with Crippen LogP contribution in [0.1, 0.15) is 309 Å². The van der Waals surface area contributed by atoms with Gasteiger partial charge in [0, 0.05) is 12.8 Å². The summed E-state index contributed by atoms with van der Waals surface area (Å²) in [6.07, 6.45) is 60.9. The second-order valence-electron chi connectivity index (χ2n) is 19.3. The average molecular weight is 876 g/mol. The molecule has 0 aliphatic carbocycles. The first kappa shape index (κ1) is 60.6. The van der Waals surface area contributed by atoms with Crippen LogP contribution in [0.15, 0.2) is 12.2 Å². The SMILES string of the molecule is CCCCCCCCCCC/C=C/C(O)C(CO)NC(=O)CCCCCCCCCCCCCCCCCOC(=O)CCCCCCCCCCCCCCCCCCCCC. The van der Waals surface area contributed by atoms with Crippen molar-refractivity contribution in [2.45, 2.75) is 321 Å². The van der Waals surface area contributed by atoms with Crippen molar-refractivity contribution in [3.8, 4) is 0 Å². The number of rotatable bonds is 52. The minimum absolute atomic E-state index is 0.00440. The van der Waals surface area contributed by atoms with Crippen LogP contribution in [-0.2, 0) is 14.3 Å². The zero-order chi connectivity index (χ0) is 45.1. The van der Waals surface area contributed by atoms with Crippen molar-refractivity contribution in [2.24, 2.45) is 0 Å². The van der Waals surface area contributed by atoms with E-state index in [0.29, 0.717) is 19.4 Å². The van der Waals surface area contributed by atoms with Gasteiger partial charge >= 0.3 is 5.97 Å². The standard InChI is InChI=1S/C56H109NO5/c1-3-5-7-9-11-13-15-16-17-18-19-20-23-26-30-34-38-42-46-50-56(61)62-51-47-43-39-35-31-27-24-21-22-25-29-33-37-41-45-49-55(60)57-53(52-58)54(59)48-44-40-36-32-28-14-12-10-8-6-4-2/h44,48,53-54,58-59H,3-43,45-47,49-52H2,1-2H3,(H,57,60)/b48-44+. The first-order valence-corrected chi connectivity index (χ1v) is 28.0. The van der Waals surface area contributed by atoms with E-state index in [0.717, 1.165) is 44.9 Å². The van der Waals surface area contributed by atoms with E-state index in [1.165, 1.54) is 238 Å². The van der Waals surface area contributed by atoms with Gasteiger partial charge in [-0.3, -0.25) is 9.59 Å². The highest BCUT2D eigenvalue weighted by atomic mass is 16.5. The summed E-state index contributed by atoms with van der Waals surface area (Å²) in [6, 6.07) is -0.632. The van der Waals surface area contributed by atoms with Gasteiger partial charge in [-0.1, -0.05) is 276 Å². The molecule has 6 nitrogen and oxygen atoms in total. The number of nitrogens with one attached hydrogen (secondary N) is 1. The highest BCUT2D eigenvalue weighted by Gasteiger charge is 2.18. The summed E-state index contributed by atoms with van der Waals surface area (Å²) in [5.41, 5.74) is 0. The fourth-order valence-electron chi connectivity index (χ4n) is 8.75. The third-order valence-corrected chi connectivity index (χ3v) is 13.1. The molecule has 0 bridgehead atoms. The molecule has 2 atom stereocenters. The van der Waals surface area contributed by atoms with Gasteiger partial charge in [0.05, 0.1) is 25.4 Å². The van der Waals surface area contributed by atoms with E-state index in [-0.39, 0.29) is 18.5 Å². The molecule has 0 fully saturated rings. The van der Waals surface area contributed by atoms with E-state index in [1.54, 1.807) is 6.08 Å². The predicted octanol–water partition coefficient (Wildman–Crippen LogP) is 16.9. The van der Waals surface area contributed by atoms with Crippen molar-refractivity contribution in [1.82, 2.24) is 5.32 Å². The molecule has 1 amide bonds. The molecule has 6 heteroatoms. The van der Waals surface area contributed by atoms with Crippen molar-refractivity contribution in [3.05, 3.63) is 12.2 Å². The van der Waals surface area contributed by atoms with Crippen LogP contribution >= 0.6 is 0 Å². The number of allylic oxidation sites excluding steroid dienone is 1. The Bertz CT molecular complexity index is 924. The minimum Gasteiger partial charge on any atom is -0.466 e. The number of hydrogen-bond donors (Lipinski definition) is 3. The Kier molecular flexibility index (Phi) is 51.0. The van der Waals surface area contributed by atoms with Gasteiger partial charge in [0.1, 0.15) is 0 Å². The van der Waals surface area contributed by atoms with Crippen molar-refractivity contribution in [3.63, 3.8) is 0 Å². The highest BCUT2D eigenvalue weighted by Crippen LogP contribution is 2.17. The van der Waals surface area contributed by atoms with E-state index in [9.17, 15) is 19.8 Å². The Morgan fingerprint density at radius 3 is 1.10 bits per heavy atom. The van der Waals surface area contributed by atoms with Gasteiger partial charge in [0.2, 0.25) is 5.91 Å². The van der Waals surface area contributed by atoms with Gasteiger partial charge < -0.3 is 20.3 Å². The van der Waals surface area contributed by atoms with E-state index in [4.69, 9.17) is 4.74 Å². The number of ether oxygens (including phenoxy) is 1. The maximum absolute atomic E-state index is 12.4. The van der Waals surface area contributed by atoms with Crippen LogP contribution < -0.4 is 5.32 Å². The van der Waals surface area contributed by atoms with E-state index >= 15 is 0 Å². The maximum atomic E-state index is 12.4. The molecule has 62 heavy (non-hydrogen) atoms. The lowest BCUT2D eigenvalue weighted by Crippen LogP contribution is -2.45. The number of carbonyl (C=O) groups excluding carboxylic acids is 2. The number of unbranched alkanes of at least 4 members (excludes halogenated alkanes) is 41. The lowest BCUT2D eigenvalue weighted by molar-refractivity contribution is -0.143. The lowest BCUT2D eigenvalue weighted by Gasteiger charge is -2.20. The van der Waals surface area contributed by atoms with Gasteiger partial charge in [0.15, 0.2) is 0 Å². The molecule has 368 valence electrons. The van der Waals surface area contributed by atoms with Crippen LogP contribution in [0, 0.1) is 0 Å². The summed E-state index contributed by atoms with van der Waals surface area (Å²) in [5.74, 6) is -0.0721. The quantitative estimate of drug-likeness (QED) is 0.0321. The molecular weight excluding hydrogens is 767 g/mol. The average Bonchev–Trinajstić information content (AvgIpc) is 3.27. The van der Waals surface area contributed by atoms with Gasteiger partial charge in [-0.15, -0.1) is 0 Å². The Hall–Kier alpha value is -1.40. The molecule has 0 aromatic carbocycles. The van der Waals surface area contributed by atoms with Gasteiger partial charge in [-0.25, -0.2) is 0 Å². The number of esters is 1. The Morgan fingerprint density at radius 2 is 0.742 bits per heavy atom. The van der Waals surface area contributed by atoms with Crippen LogP contribution in [0.2, 0.25) is 0 Å². The smallest absolute Gasteiger partial charge is 0.305 e. The minimum atomic E-state index is -0.847. The number of aliphatic hydroxyl groups is 2. The molecule has 0 aromatic rings. The summed E-state index contributed by atoms with van der Waals surface area (Å²) >= 11 is 0. The Morgan fingerprint density at radius 1 is 0.435 bits per heavy atom. The third kappa shape index (κ3) is 48.1. The monoisotopic (exact) mass is 876 g/mol. The largest absolute Gasteiger partial charge is 0.466 e. The molecule has 0 saturated heterocycles. The summed E-state index contributed by atoms with van der Waals surface area (Å²) < 4.78 is 5.49. The molecule has 0 aliphatic heterocycles. The molecule has 0 aliphatic rings. The van der Waals surface area contributed by atoms with Gasteiger partial charge in [0.25, 0.3) is 0 Å². The van der Waals surface area contributed by atoms with Crippen molar-refractivity contribution in [2.75, 3.05) is 13.2 Å². The van der Waals surface area contributed by atoms with Crippen LogP contribution in [0.25, 0.3) is 0 Å². The van der Waals surface area contributed by atoms with E-state index < -0.39 is 12.1 Å². The third-order valence-electron chi connectivity index (χ3n) is 13.1. The van der Waals surface area contributed by atoms with Crippen molar-refractivity contribution in [1.29, 1.82) is 0 Å². The highest BCUT2D eigenvalue weighted by molar-refractivity contribution is 5.76.